The van der Waals surface area contributed by atoms with Crippen LogP contribution in [0.25, 0.3) is 0 Å². The third kappa shape index (κ3) is 4.53. The molecule has 0 radical (unpaired) electrons. The number of nitrogens with zero attached hydrogens (tertiary/aromatic N) is 1. The van der Waals surface area contributed by atoms with Crippen molar-refractivity contribution < 1.29 is 19.5 Å². The van der Waals surface area contributed by atoms with Gasteiger partial charge in [0.15, 0.2) is 6.04 Å². The van der Waals surface area contributed by atoms with Gasteiger partial charge in [0.05, 0.1) is 5.92 Å². The number of likely N-dealkylation sites (tertiary alicyclic amines) is 1. The van der Waals surface area contributed by atoms with Crippen molar-refractivity contribution >= 4 is 17.8 Å². The van der Waals surface area contributed by atoms with Crippen LogP contribution in [0.15, 0.2) is 60.7 Å². The van der Waals surface area contributed by atoms with Gasteiger partial charge in [-0.25, -0.2) is 4.79 Å². The lowest BCUT2D eigenvalue weighted by Gasteiger charge is -2.32. The maximum absolute atomic E-state index is 12.7. The molecule has 0 aromatic heterocycles. The summed E-state index contributed by atoms with van der Waals surface area (Å²) in [5, 5.41) is 12.1. The number of hydrogen-bond donors (Lipinski definition) is 2. The van der Waals surface area contributed by atoms with Crippen LogP contribution in [0, 0.1) is 5.92 Å². The Morgan fingerprint density at radius 3 is 2.26 bits per heavy atom. The van der Waals surface area contributed by atoms with Crippen molar-refractivity contribution in [2.45, 2.75) is 18.9 Å². The predicted molar refractivity (Wildman–Crippen MR) is 100 cm³/mol. The van der Waals surface area contributed by atoms with E-state index in [-0.39, 0.29) is 11.8 Å². The predicted octanol–water partition coefficient (Wildman–Crippen LogP) is 2.48. The van der Waals surface area contributed by atoms with E-state index in [1.165, 1.54) is 0 Å². The fraction of sp³-hybridized carbons (Fsp3) is 0.286. The smallest absolute Gasteiger partial charge is 0.330 e. The molecular formula is C21H22N2O4. The van der Waals surface area contributed by atoms with Crippen molar-refractivity contribution in [1.29, 1.82) is 0 Å². The molecule has 0 spiro atoms. The van der Waals surface area contributed by atoms with Gasteiger partial charge in [0, 0.05) is 18.7 Å². The summed E-state index contributed by atoms with van der Waals surface area (Å²) in [6.07, 6.45) is 1.34. The number of carbonyl (C=O) groups is 3. The zero-order chi connectivity index (χ0) is 19.2. The van der Waals surface area contributed by atoms with Crippen LogP contribution in [0.3, 0.4) is 0 Å². The topological polar surface area (TPSA) is 86.7 Å². The second-order valence-corrected chi connectivity index (χ2v) is 6.65. The molecule has 2 aromatic rings. The fourth-order valence-corrected chi connectivity index (χ4v) is 3.33. The number of piperidine rings is 1. The molecule has 6 nitrogen and oxygen atoms in total. The van der Waals surface area contributed by atoms with Crippen LogP contribution >= 0.6 is 0 Å². The minimum Gasteiger partial charge on any atom is -0.479 e. The van der Waals surface area contributed by atoms with Crippen LogP contribution in [0.5, 0.6) is 0 Å². The molecule has 6 heteroatoms. The molecule has 1 fully saturated rings. The average Bonchev–Trinajstić information content (AvgIpc) is 2.72. The van der Waals surface area contributed by atoms with Gasteiger partial charge in [-0.3, -0.25) is 9.59 Å². The van der Waals surface area contributed by atoms with Gasteiger partial charge in [0.2, 0.25) is 5.91 Å². The van der Waals surface area contributed by atoms with E-state index in [2.05, 4.69) is 5.32 Å². The van der Waals surface area contributed by atoms with Crippen molar-refractivity contribution in [3.63, 3.8) is 0 Å². The first kappa shape index (κ1) is 18.6. The molecule has 0 saturated carbocycles. The molecular weight excluding hydrogens is 344 g/mol. The number of aliphatic carboxylic acids is 1. The summed E-state index contributed by atoms with van der Waals surface area (Å²) in [5.74, 6) is -1.97. The highest BCUT2D eigenvalue weighted by molar-refractivity contribution is 5.95. The molecule has 1 saturated heterocycles. The van der Waals surface area contributed by atoms with Crippen LogP contribution in [0.2, 0.25) is 0 Å². The number of rotatable bonds is 5. The summed E-state index contributed by atoms with van der Waals surface area (Å²) >= 11 is 0. The Morgan fingerprint density at radius 2 is 1.63 bits per heavy atom. The maximum Gasteiger partial charge on any atom is 0.330 e. The lowest BCUT2D eigenvalue weighted by molar-refractivity contribution is -0.143. The lowest BCUT2D eigenvalue weighted by atomic mass is 9.95. The molecule has 0 bridgehead atoms. The van der Waals surface area contributed by atoms with E-state index in [0.717, 1.165) is 0 Å². The van der Waals surface area contributed by atoms with Gasteiger partial charge < -0.3 is 15.3 Å². The van der Waals surface area contributed by atoms with Crippen molar-refractivity contribution in [1.82, 2.24) is 10.2 Å². The van der Waals surface area contributed by atoms with E-state index >= 15 is 0 Å². The monoisotopic (exact) mass is 366 g/mol. The van der Waals surface area contributed by atoms with Gasteiger partial charge in [0.25, 0.3) is 5.91 Å². The highest BCUT2D eigenvalue weighted by Gasteiger charge is 2.31. The van der Waals surface area contributed by atoms with Gasteiger partial charge in [-0.1, -0.05) is 48.5 Å². The second-order valence-electron chi connectivity index (χ2n) is 6.65. The molecule has 27 heavy (non-hydrogen) atoms. The van der Waals surface area contributed by atoms with Crippen molar-refractivity contribution in [2.24, 2.45) is 5.92 Å². The average molecular weight is 366 g/mol. The van der Waals surface area contributed by atoms with E-state index in [1.54, 1.807) is 59.5 Å². The van der Waals surface area contributed by atoms with E-state index in [0.29, 0.717) is 37.1 Å². The third-order valence-corrected chi connectivity index (χ3v) is 4.77. The minimum atomic E-state index is -1.11. The summed E-state index contributed by atoms with van der Waals surface area (Å²) in [6, 6.07) is 16.5. The quantitative estimate of drug-likeness (QED) is 0.851. The van der Waals surface area contributed by atoms with Crippen LogP contribution in [-0.4, -0.2) is 40.9 Å². The SMILES string of the molecule is O=C(N[C@@H](C(=O)O)c1ccccc1)C1CCCN(C(=O)c2ccccc2)C1. The highest BCUT2D eigenvalue weighted by Crippen LogP contribution is 2.21. The Balaban J connectivity index is 1.67. The van der Waals surface area contributed by atoms with E-state index in [4.69, 9.17) is 0 Å². The Hall–Kier alpha value is -3.15. The van der Waals surface area contributed by atoms with Gasteiger partial charge in [-0.2, -0.15) is 0 Å². The molecule has 1 unspecified atom stereocenters. The minimum absolute atomic E-state index is 0.106. The van der Waals surface area contributed by atoms with Crippen LogP contribution in [-0.2, 0) is 9.59 Å². The maximum atomic E-state index is 12.7. The third-order valence-electron chi connectivity index (χ3n) is 4.77. The molecule has 0 aliphatic carbocycles. The zero-order valence-corrected chi connectivity index (χ0v) is 14.9. The number of hydrogen-bond acceptors (Lipinski definition) is 3. The molecule has 3 rings (SSSR count). The molecule has 140 valence electrons. The zero-order valence-electron chi connectivity index (χ0n) is 14.9. The second kappa shape index (κ2) is 8.49. The normalized spacial score (nSPS) is 17.8. The van der Waals surface area contributed by atoms with Gasteiger partial charge >= 0.3 is 5.97 Å². The molecule has 1 aliphatic rings. The molecule has 1 heterocycles. The van der Waals surface area contributed by atoms with Crippen molar-refractivity contribution in [3.05, 3.63) is 71.8 Å². The number of carboxylic acid groups (broad SMARTS) is 1. The van der Waals surface area contributed by atoms with E-state index < -0.39 is 17.9 Å². The first-order valence-electron chi connectivity index (χ1n) is 8.98. The Morgan fingerprint density at radius 1 is 1.00 bits per heavy atom. The van der Waals surface area contributed by atoms with E-state index in [1.807, 2.05) is 6.07 Å². The Labute approximate surface area is 157 Å². The van der Waals surface area contributed by atoms with Crippen molar-refractivity contribution in [2.75, 3.05) is 13.1 Å². The number of amides is 2. The number of carboxylic acids is 1. The summed E-state index contributed by atoms with van der Waals surface area (Å²) in [4.78, 5) is 38.6. The van der Waals surface area contributed by atoms with Crippen LogP contribution < -0.4 is 5.32 Å². The largest absolute Gasteiger partial charge is 0.479 e. The van der Waals surface area contributed by atoms with Crippen LogP contribution in [0.4, 0.5) is 0 Å². The Kier molecular flexibility index (Phi) is 5.86. The van der Waals surface area contributed by atoms with E-state index in [9.17, 15) is 19.5 Å². The highest BCUT2D eigenvalue weighted by atomic mass is 16.4. The molecule has 2 aromatic carbocycles. The van der Waals surface area contributed by atoms with Gasteiger partial charge in [-0.15, -0.1) is 0 Å². The Bertz CT molecular complexity index is 807. The molecule has 1 aliphatic heterocycles. The standard InChI is InChI=1S/C21H22N2O4/c24-19(22-18(21(26)27)15-8-3-1-4-9-15)17-12-7-13-23(14-17)20(25)16-10-5-2-6-11-16/h1-6,8-11,17-18H,7,12-14H2,(H,22,24)(H,26,27)/t17?,18-/m1/s1. The summed E-state index contributed by atoms with van der Waals surface area (Å²) in [7, 11) is 0. The van der Waals surface area contributed by atoms with Crippen molar-refractivity contribution in [3.8, 4) is 0 Å². The molecule has 2 atom stereocenters. The number of nitrogens with one attached hydrogen (secondary N) is 1. The summed E-state index contributed by atoms with van der Waals surface area (Å²) in [5.41, 5.74) is 1.11. The van der Waals surface area contributed by atoms with Gasteiger partial charge in [-0.05, 0) is 30.5 Å². The van der Waals surface area contributed by atoms with Crippen LogP contribution in [0.1, 0.15) is 34.8 Å². The first-order chi connectivity index (χ1) is 13.1. The summed E-state index contributed by atoms with van der Waals surface area (Å²) < 4.78 is 0. The number of carbonyl (C=O) groups excluding carboxylic acids is 2. The molecule has 2 amide bonds. The van der Waals surface area contributed by atoms with Gasteiger partial charge in [0.1, 0.15) is 0 Å². The number of benzene rings is 2. The molecule has 2 N–H and O–H groups in total. The fourth-order valence-electron chi connectivity index (χ4n) is 3.33. The first-order valence-corrected chi connectivity index (χ1v) is 8.98. The lowest BCUT2D eigenvalue weighted by Crippen LogP contribution is -2.47. The summed E-state index contributed by atoms with van der Waals surface area (Å²) in [6.45, 7) is 0.888.